The number of aromatic nitrogens is 3. The average molecular weight is 341 g/mol. The molecule has 24 heavy (non-hydrogen) atoms. The first-order chi connectivity index (χ1) is 11.4. The molecule has 0 radical (unpaired) electrons. The molecule has 0 saturated heterocycles. The highest BCUT2D eigenvalue weighted by atomic mass is 19.4. The highest BCUT2D eigenvalue weighted by molar-refractivity contribution is 5.90. The second-order valence-corrected chi connectivity index (χ2v) is 4.52. The van der Waals surface area contributed by atoms with Crippen LogP contribution in [-0.4, -0.2) is 20.9 Å². The number of para-hydroxylation sites is 1. The fourth-order valence-electron chi connectivity index (χ4n) is 1.94. The molecular weight excluding hydrogens is 334 g/mol. The Morgan fingerprint density at radius 2 is 1.96 bits per heavy atom. The van der Waals surface area contributed by atoms with Gasteiger partial charge in [-0.3, -0.25) is 0 Å². The quantitative estimate of drug-likeness (QED) is 0.540. The lowest BCUT2D eigenvalue weighted by atomic mass is 10.3. The van der Waals surface area contributed by atoms with Gasteiger partial charge in [0.2, 0.25) is 0 Å². The molecule has 0 aliphatic rings. The van der Waals surface area contributed by atoms with Gasteiger partial charge in [0.05, 0.1) is 12.4 Å². The van der Waals surface area contributed by atoms with Crippen LogP contribution < -0.4 is 4.74 Å². The van der Waals surface area contributed by atoms with Gasteiger partial charge in [-0.15, -0.1) is 0 Å². The number of nitrogens with zero attached hydrogens (tertiary/aromatic N) is 3. The molecule has 10 heteroatoms. The Morgan fingerprint density at radius 3 is 2.58 bits per heavy atom. The number of carbonyl (C=O) groups excluding carboxylic acids is 1. The zero-order valence-electron chi connectivity index (χ0n) is 11.6. The maximum atomic E-state index is 13.8. The Hall–Kier alpha value is -3.17. The Labute approximate surface area is 131 Å². The second-order valence-electron chi connectivity index (χ2n) is 4.52. The molecule has 0 saturated carbocycles. The summed E-state index contributed by atoms with van der Waals surface area (Å²) in [4.78, 5) is 11.8. The van der Waals surface area contributed by atoms with Gasteiger partial charge in [0.25, 0.3) is 0 Å². The Bertz CT molecular complexity index is 872. The zero-order valence-corrected chi connectivity index (χ0v) is 11.6. The molecule has 0 spiro atoms. The molecule has 3 rings (SSSR count). The topological polar surface area (TPSA) is 70.2 Å². The summed E-state index contributed by atoms with van der Waals surface area (Å²) in [5.41, 5.74) is -2.03. The van der Waals surface area contributed by atoms with E-state index in [1.807, 2.05) is 0 Å². The molecule has 0 aliphatic heterocycles. The van der Waals surface area contributed by atoms with Crippen LogP contribution in [0.1, 0.15) is 16.1 Å². The summed E-state index contributed by atoms with van der Waals surface area (Å²) < 4.78 is 63.3. The number of halogens is 4. The van der Waals surface area contributed by atoms with Crippen LogP contribution in [-0.2, 0) is 6.18 Å². The van der Waals surface area contributed by atoms with Crippen molar-refractivity contribution in [3.8, 4) is 11.4 Å². The molecule has 0 unspecified atom stereocenters. The van der Waals surface area contributed by atoms with Gasteiger partial charge in [-0.1, -0.05) is 17.3 Å². The first kappa shape index (κ1) is 15.7. The van der Waals surface area contributed by atoms with Crippen LogP contribution in [0.5, 0.6) is 5.75 Å². The number of rotatable bonds is 3. The summed E-state index contributed by atoms with van der Waals surface area (Å²) in [7, 11) is 0. The van der Waals surface area contributed by atoms with Gasteiger partial charge in [-0.05, 0) is 12.1 Å². The molecule has 0 aliphatic carbocycles. The zero-order chi connectivity index (χ0) is 17.3. The largest absolute Gasteiger partial charge is 0.437 e. The predicted molar refractivity (Wildman–Crippen MR) is 70.0 cm³/mol. The van der Waals surface area contributed by atoms with Gasteiger partial charge in [-0.2, -0.15) is 18.3 Å². The molecule has 0 fully saturated rings. The Kier molecular flexibility index (Phi) is 3.80. The number of carbonyl (C=O) groups is 1. The number of hydrogen-bond acceptors (Lipinski definition) is 5. The summed E-state index contributed by atoms with van der Waals surface area (Å²) in [5.74, 6) is -2.89. The molecule has 2 aromatic heterocycles. The van der Waals surface area contributed by atoms with Crippen molar-refractivity contribution in [1.82, 2.24) is 14.9 Å². The highest BCUT2D eigenvalue weighted by Gasteiger charge is 2.41. The molecule has 2 heterocycles. The number of benzene rings is 1. The maximum absolute atomic E-state index is 13.8. The van der Waals surface area contributed by atoms with Crippen molar-refractivity contribution >= 4 is 5.97 Å². The molecule has 6 nitrogen and oxygen atoms in total. The minimum Gasteiger partial charge on any atom is -0.419 e. The van der Waals surface area contributed by atoms with E-state index in [-0.39, 0.29) is 5.56 Å². The third kappa shape index (κ3) is 2.85. The lowest BCUT2D eigenvalue weighted by Crippen LogP contribution is -2.17. The van der Waals surface area contributed by atoms with Crippen molar-refractivity contribution in [2.75, 3.05) is 0 Å². The minimum atomic E-state index is -4.94. The van der Waals surface area contributed by atoms with E-state index >= 15 is 0 Å². The van der Waals surface area contributed by atoms with Gasteiger partial charge in [0, 0.05) is 0 Å². The summed E-state index contributed by atoms with van der Waals surface area (Å²) in [6.07, 6.45) is -2.36. The average Bonchev–Trinajstić information content (AvgIpc) is 3.16. The second kappa shape index (κ2) is 5.80. The molecular formula is C14H7F4N3O3. The fourth-order valence-corrected chi connectivity index (χ4v) is 1.94. The smallest absolute Gasteiger partial charge is 0.419 e. The van der Waals surface area contributed by atoms with Gasteiger partial charge in [0.15, 0.2) is 11.4 Å². The van der Waals surface area contributed by atoms with Crippen LogP contribution in [0.3, 0.4) is 0 Å². The van der Waals surface area contributed by atoms with Crippen molar-refractivity contribution in [1.29, 1.82) is 0 Å². The monoisotopic (exact) mass is 341 g/mol. The number of alkyl halides is 3. The highest BCUT2D eigenvalue weighted by Crippen LogP contribution is 2.38. The number of esters is 1. The van der Waals surface area contributed by atoms with Crippen molar-refractivity contribution < 1.29 is 31.6 Å². The molecule has 0 atom stereocenters. The van der Waals surface area contributed by atoms with Gasteiger partial charge < -0.3 is 9.26 Å². The molecule has 3 aromatic rings. The van der Waals surface area contributed by atoms with E-state index < -0.39 is 35.1 Å². The molecule has 0 N–H and O–H groups in total. The van der Waals surface area contributed by atoms with E-state index in [1.165, 1.54) is 12.1 Å². The van der Waals surface area contributed by atoms with E-state index in [2.05, 4.69) is 14.8 Å². The van der Waals surface area contributed by atoms with Crippen molar-refractivity contribution in [3.05, 3.63) is 60.0 Å². The molecule has 0 bridgehead atoms. The molecule has 124 valence electrons. The van der Waals surface area contributed by atoms with Crippen molar-refractivity contribution in [2.24, 2.45) is 0 Å². The first-order valence-corrected chi connectivity index (χ1v) is 6.39. The first-order valence-electron chi connectivity index (χ1n) is 6.39. The van der Waals surface area contributed by atoms with Crippen molar-refractivity contribution in [2.45, 2.75) is 6.18 Å². The summed E-state index contributed by atoms with van der Waals surface area (Å²) >= 11 is 0. The van der Waals surface area contributed by atoms with Gasteiger partial charge in [0.1, 0.15) is 23.3 Å². The van der Waals surface area contributed by atoms with E-state index in [0.717, 1.165) is 24.6 Å². The summed E-state index contributed by atoms with van der Waals surface area (Å²) in [6.45, 7) is 0. The van der Waals surface area contributed by atoms with E-state index in [9.17, 15) is 22.4 Å². The third-order valence-corrected chi connectivity index (χ3v) is 2.96. The normalized spacial score (nSPS) is 11.5. The summed E-state index contributed by atoms with van der Waals surface area (Å²) in [5, 5.41) is 6.74. The lowest BCUT2D eigenvalue weighted by molar-refractivity contribution is -0.143. The Morgan fingerprint density at radius 1 is 1.21 bits per heavy atom. The summed E-state index contributed by atoms with van der Waals surface area (Å²) in [6, 6.07) is 4.77. The van der Waals surface area contributed by atoms with Crippen LogP contribution >= 0.6 is 0 Å². The van der Waals surface area contributed by atoms with Gasteiger partial charge in [-0.25, -0.2) is 13.9 Å². The predicted octanol–water partition coefficient (Wildman–Crippen LogP) is 3.24. The van der Waals surface area contributed by atoms with Crippen LogP contribution in [0.15, 0.2) is 47.4 Å². The number of ether oxygens (including phenoxy) is 1. The standard InChI is InChI=1S/C14H7F4N3O3/c15-9-3-1-2-4-10(9)21-12(14(16,17)18)11(6-19-21)24-13(22)8-5-20-23-7-8/h1-7H. The fraction of sp³-hybridized carbons (Fsp3) is 0.0714. The van der Waals surface area contributed by atoms with Crippen molar-refractivity contribution in [3.63, 3.8) is 0 Å². The Balaban J connectivity index is 2.05. The minimum absolute atomic E-state index is 0.179. The van der Waals surface area contributed by atoms with E-state index in [0.29, 0.717) is 10.9 Å². The van der Waals surface area contributed by atoms with E-state index in [1.54, 1.807) is 0 Å². The van der Waals surface area contributed by atoms with Gasteiger partial charge >= 0.3 is 12.1 Å². The van der Waals surface area contributed by atoms with Crippen LogP contribution in [0, 0.1) is 5.82 Å². The van der Waals surface area contributed by atoms with E-state index in [4.69, 9.17) is 4.74 Å². The maximum Gasteiger partial charge on any atom is 0.437 e. The van der Waals surface area contributed by atoms with Crippen LogP contribution in [0.25, 0.3) is 5.69 Å². The molecule has 0 amide bonds. The SMILES string of the molecule is O=C(Oc1cnn(-c2ccccc2F)c1C(F)(F)F)c1cnoc1. The molecule has 1 aromatic carbocycles. The van der Waals surface area contributed by atoms with Crippen LogP contribution in [0.4, 0.5) is 17.6 Å². The third-order valence-electron chi connectivity index (χ3n) is 2.96. The van der Waals surface area contributed by atoms with Crippen LogP contribution in [0.2, 0.25) is 0 Å². The number of hydrogen-bond donors (Lipinski definition) is 0. The lowest BCUT2D eigenvalue weighted by Gasteiger charge is -2.12.